The van der Waals surface area contributed by atoms with Crippen LogP contribution in [0.2, 0.25) is 5.02 Å². The van der Waals surface area contributed by atoms with Crippen LogP contribution in [0.5, 0.6) is 0 Å². The predicted molar refractivity (Wildman–Crippen MR) is 64.4 cm³/mol. The third kappa shape index (κ3) is 2.48. The van der Waals surface area contributed by atoms with Crippen molar-refractivity contribution in [1.82, 2.24) is 4.98 Å². The van der Waals surface area contributed by atoms with E-state index in [1.54, 1.807) is 12.3 Å². The summed E-state index contributed by atoms with van der Waals surface area (Å²) in [6, 6.07) is 6.87. The Kier molecular flexibility index (Phi) is 3.30. The van der Waals surface area contributed by atoms with Gasteiger partial charge in [-0.25, -0.2) is 0 Å². The third-order valence-corrected chi connectivity index (χ3v) is 2.87. The highest BCUT2D eigenvalue weighted by molar-refractivity contribution is 6.33. The fourth-order valence-electron chi connectivity index (χ4n) is 1.65. The van der Waals surface area contributed by atoms with Gasteiger partial charge in [-0.3, -0.25) is 4.98 Å². The maximum atomic E-state index is 12.5. The number of nitrogens with zero attached hydrogens (tertiary/aromatic N) is 1. The molecule has 0 aliphatic rings. The topological polar surface area (TPSA) is 12.9 Å². The summed E-state index contributed by atoms with van der Waals surface area (Å²) in [5.41, 5.74) is 1.20. The molecule has 0 spiro atoms. The van der Waals surface area contributed by atoms with Gasteiger partial charge in [-0.05, 0) is 30.7 Å². The van der Waals surface area contributed by atoms with Gasteiger partial charge in [-0.1, -0.05) is 23.7 Å². The summed E-state index contributed by atoms with van der Waals surface area (Å²) < 4.78 is 37.5. The normalized spacial score (nSPS) is 11.6. The first-order valence-electron chi connectivity index (χ1n) is 5.18. The molecule has 0 fully saturated rings. The lowest BCUT2D eigenvalue weighted by Gasteiger charge is -2.10. The van der Waals surface area contributed by atoms with Crippen molar-refractivity contribution in [2.24, 2.45) is 0 Å². The number of aryl methyl sites for hydroxylation is 1. The number of aromatic nitrogens is 1. The second kappa shape index (κ2) is 4.61. The Morgan fingerprint density at radius 3 is 2.44 bits per heavy atom. The molecule has 0 bridgehead atoms. The van der Waals surface area contributed by atoms with Crippen LogP contribution >= 0.6 is 11.6 Å². The van der Waals surface area contributed by atoms with Crippen LogP contribution in [0.15, 0.2) is 36.5 Å². The molecular weight excluding hydrogens is 263 g/mol. The molecule has 1 aromatic carbocycles. The smallest absolute Gasteiger partial charge is 0.256 e. The molecule has 5 heteroatoms. The van der Waals surface area contributed by atoms with Gasteiger partial charge in [-0.15, -0.1) is 0 Å². The van der Waals surface area contributed by atoms with E-state index in [1.807, 2.05) is 13.0 Å². The first kappa shape index (κ1) is 12.9. The van der Waals surface area contributed by atoms with Gasteiger partial charge in [0, 0.05) is 11.8 Å². The van der Waals surface area contributed by atoms with Gasteiger partial charge in [0.15, 0.2) is 0 Å². The second-order valence-electron chi connectivity index (χ2n) is 3.86. The largest absolute Gasteiger partial charge is 0.416 e. The minimum absolute atomic E-state index is 0.0478. The van der Waals surface area contributed by atoms with E-state index in [9.17, 15) is 13.2 Å². The Balaban J connectivity index is 2.52. The molecule has 0 atom stereocenters. The lowest BCUT2D eigenvalue weighted by Crippen LogP contribution is -2.04. The van der Waals surface area contributed by atoms with Crippen LogP contribution in [-0.4, -0.2) is 4.98 Å². The van der Waals surface area contributed by atoms with E-state index in [4.69, 9.17) is 11.6 Å². The van der Waals surface area contributed by atoms with Crippen molar-refractivity contribution in [3.8, 4) is 11.3 Å². The van der Waals surface area contributed by atoms with Gasteiger partial charge in [-0.2, -0.15) is 13.2 Å². The second-order valence-corrected chi connectivity index (χ2v) is 4.27. The van der Waals surface area contributed by atoms with Gasteiger partial charge in [0.1, 0.15) is 0 Å². The van der Waals surface area contributed by atoms with Crippen molar-refractivity contribution in [3.63, 3.8) is 0 Å². The maximum absolute atomic E-state index is 12.5. The van der Waals surface area contributed by atoms with Crippen LogP contribution in [0.25, 0.3) is 11.3 Å². The van der Waals surface area contributed by atoms with Crippen molar-refractivity contribution in [3.05, 3.63) is 52.7 Å². The average Bonchev–Trinajstić information content (AvgIpc) is 2.29. The van der Waals surface area contributed by atoms with Crippen LogP contribution in [0.4, 0.5) is 13.2 Å². The number of halogens is 4. The molecule has 2 rings (SSSR count). The van der Waals surface area contributed by atoms with Gasteiger partial charge < -0.3 is 0 Å². The molecule has 18 heavy (non-hydrogen) atoms. The van der Waals surface area contributed by atoms with Crippen molar-refractivity contribution in [2.45, 2.75) is 13.1 Å². The van der Waals surface area contributed by atoms with E-state index in [-0.39, 0.29) is 5.02 Å². The standard InChI is InChI=1S/C13H9ClF3N/c1-8-3-2-6-18-12(8)10-5-4-9(7-11(10)14)13(15,16)17/h2-7H,1H3. The molecule has 0 unspecified atom stereocenters. The molecule has 0 aliphatic heterocycles. The maximum Gasteiger partial charge on any atom is 0.416 e. The van der Waals surface area contributed by atoms with E-state index < -0.39 is 11.7 Å². The average molecular weight is 272 g/mol. The highest BCUT2D eigenvalue weighted by atomic mass is 35.5. The molecule has 1 nitrogen and oxygen atoms in total. The number of pyridine rings is 1. The van der Waals surface area contributed by atoms with Crippen LogP contribution < -0.4 is 0 Å². The fraction of sp³-hybridized carbons (Fsp3) is 0.154. The van der Waals surface area contributed by atoms with E-state index >= 15 is 0 Å². The highest BCUT2D eigenvalue weighted by Gasteiger charge is 2.31. The quantitative estimate of drug-likeness (QED) is 0.731. The van der Waals surface area contributed by atoms with Crippen LogP contribution in [0.1, 0.15) is 11.1 Å². The fourth-order valence-corrected chi connectivity index (χ4v) is 1.92. The lowest BCUT2D eigenvalue weighted by atomic mass is 10.0. The Bertz CT molecular complexity index is 579. The Morgan fingerprint density at radius 1 is 1.17 bits per heavy atom. The summed E-state index contributed by atoms with van der Waals surface area (Å²) in [7, 11) is 0. The van der Waals surface area contributed by atoms with E-state index in [0.29, 0.717) is 11.3 Å². The zero-order chi connectivity index (χ0) is 13.3. The molecule has 1 heterocycles. The number of benzene rings is 1. The summed E-state index contributed by atoms with van der Waals surface area (Å²) in [6.07, 6.45) is -2.81. The predicted octanol–water partition coefficient (Wildman–Crippen LogP) is 4.73. The molecule has 0 amide bonds. The molecular formula is C13H9ClF3N. The van der Waals surface area contributed by atoms with Crippen molar-refractivity contribution in [1.29, 1.82) is 0 Å². The lowest BCUT2D eigenvalue weighted by molar-refractivity contribution is -0.137. The first-order chi connectivity index (χ1) is 8.39. The minimum Gasteiger partial charge on any atom is -0.256 e. The Morgan fingerprint density at radius 2 is 1.89 bits per heavy atom. The van der Waals surface area contributed by atoms with Crippen molar-refractivity contribution in [2.75, 3.05) is 0 Å². The zero-order valence-corrected chi connectivity index (χ0v) is 10.2. The Labute approximate surface area is 107 Å². The molecule has 0 saturated heterocycles. The monoisotopic (exact) mass is 271 g/mol. The molecule has 0 N–H and O–H groups in total. The number of hydrogen-bond acceptors (Lipinski definition) is 1. The summed E-state index contributed by atoms with van der Waals surface area (Å²) >= 11 is 5.90. The summed E-state index contributed by atoms with van der Waals surface area (Å²) in [5, 5.41) is 0.0478. The molecule has 94 valence electrons. The van der Waals surface area contributed by atoms with Gasteiger partial charge >= 0.3 is 6.18 Å². The molecule has 1 aromatic heterocycles. The highest BCUT2D eigenvalue weighted by Crippen LogP contribution is 2.35. The van der Waals surface area contributed by atoms with Gasteiger partial charge in [0.2, 0.25) is 0 Å². The van der Waals surface area contributed by atoms with E-state index in [1.165, 1.54) is 6.07 Å². The van der Waals surface area contributed by atoms with Crippen LogP contribution in [0.3, 0.4) is 0 Å². The zero-order valence-electron chi connectivity index (χ0n) is 9.42. The molecule has 0 aliphatic carbocycles. The SMILES string of the molecule is Cc1cccnc1-c1ccc(C(F)(F)F)cc1Cl. The first-order valence-corrected chi connectivity index (χ1v) is 5.56. The summed E-state index contributed by atoms with van der Waals surface area (Å²) in [6.45, 7) is 1.83. The minimum atomic E-state index is -4.39. The van der Waals surface area contributed by atoms with Gasteiger partial charge in [0.05, 0.1) is 16.3 Å². The summed E-state index contributed by atoms with van der Waals surface area (Å²) in [4.78, 5) is 4.14. The van der Waals surface area contributed by atoms with Crippen molar-refractivity contribution >= 4 is 11.6 Å². The molecule has 0 saturated carbocycles. The van der Waals surface area contributed by atoms with Crippen molar-refractivity contribution < 1.29 is 13.2 Å². The Hall–Kier alpha value is -1.55. The van der Waals surface area contributed by atoms with Gasteiger partial charge in [0.25, 0.3) is 0 Å². The third-order valence-electron chi connectivity index (χ3n) is 2.56. The molecule has 2 aromatic rings. The number of hydrogen-bond donors (Lipinski definition) is 0. The van der Waals surface area contributed by atoms with E-state index in [2.05, 4.69) is 4.98 Å². The van der Waals surface area contributed by atoms with Crippen LogP contribution in [-0.2, 0) is 6.18 Å². The number of rotatable bonds is 1. The van der Waals surface area contributed by atoms with E-state index in [0.717, 1.165) is 17.7 Å². The number of alkyl halides is 3. The van der Waals surface area contributed by atoms with Crippen LogP contribution in [0, 0.1) is 6.92 Å². The summed E-state index contributed by atoms with van der Waals surface area (Å²) in [5.74, 6) is 0. The molecule has 0 radical (unpaired) electrons.